The molecule has 0 bridgehead atoms. The SMILES string of the molecule is C=Cc1c(/C=C/N(C)C)c([N+](=O)[O-])cc(F)c1Oc1ccc(F)c(Br)c1. The fraction of sp³-hybridized carbons (Fsp3) is 0.111. The van der Waals surface area contributed by atoms with Crippen LogP contribution in [0.5, 0.6) is 11.5 Å². The second-order valence-electron chi connectivity index (χ2n) is 5.45. The van der Waals surface area contributed by atoms with Gasteiger partial charge in [-0.15, -0.1) is 0 Å². The molecule has 2 aromatic rings. The Kier molecular flexibility index (Phi) is 6.10. The Balaban J connectivity index is 2.64. The Hall–Kier alpha value is -2.74. The molecule has 0 aromatic heterocycles. The molecule has 0 aliphatic heterocycles. The first-order chi connectivity index (χ1) is 12.2. The molecular formula is C18H15BrF2N2O3. The van der Waals surface area contributed by atoms with E-state index in [1.54, 1.807) is 25.2 Å². The molecule has 0 unspecified atom stereocenters. The summed E-state index contributed by atoms with van der Waals surface area (Å²) in [6.07, 6.45) is 4.34. The van der Waals surface area contributed by atoms with Crippen LogP contribution in [0, 0.1) is 21.7 Å². The molecule has 8 heteroatoms. The van der Waals surface area contributed by atoms with Crippen molar-refractivity contribution in [1.29, 1.82) is 0 Å². The quantitative estimate of drug-likeness (QED) is 0.447. The van der Waals surface area contributed by atoms with Crippen molar-refractivity contribution in [2.45, 2.75) is 0 Å². The van der Waals surface area contributed by atoms with Gasteiger partial charge in [0.25, 0.3) is 5.69 Å². The highest BCUT2D eigenvalue weighted by Crippen LogP contribution is 2.38. The van der Waals surface area contributed by atoms with E-state index in [2.05, 4.69) is 22.5 Å². The monoisotopic (exact) mass is 424 g/mol. The number of benzene rings is 2. The Morgan fingerprint density at radius 1 is 1.23 bits per heavy atom. The molecule has 0 aliphatic carbocycles. The minimum atomic E-state index is -0.922. The van der Waals surface area contributed by atoms with Gasteiger partial charge in [0.2, 0.25) is 0 Å². The summed E-state index contributed by atoms with van der Waals surface area (Å²) in [6, 6.07) is 4.60. The molecule has 136 valence electrons. The lowest BCUT2D eigenvalue weighted by molar-refractivity contribution is -0.385. The highest BCUT2D eigenvalue weighted by Gasteiger charge is 2.23. The van der Waals surface area contributed by atoms with E-state index in [0.29, 0.717) is 0 Å². The predicted octanol–water partition coefficient (Wildman–Crippen LogP) is 5.60. The van der Waals surface area contributed by atoms with Gasteiger partial charge in [-0.25, -0.2) is 8.78 Å². The van der Waals surface area contributed by atoms with Gasteiger partial charge in [-0.2, -0.15) is 0 Å². The van der Waals surface area contributed by atoms with Gasteiger partial charge < -0.3 is 9.64 Å². The van der Waals surface area contributed by atoms with E-state index >= 15 is 0 Å². The van der Waals surface area contributed by atoms with Gasteiger partial charge in [-0.1, -0.05) is 12.7 Å². The van der Waals surface area contributed by atoms with Crippen LogP contribution in [0.25, 0.3) is 12.2 Å². The van der Waals surface area contributed by atoms with Crippen LogP contribution in [0.15, 0.2) is 41.5 Å². The van der Waals surface area contributed by atoms with Gasteiger partial charge in [0, 0.05) is 19.7 Å². The number of hydrogen-bond donors (Lipinski definition) is 0. The maximum atomic E-state index is 14.5. The van der Waals surface area contributed by atoms with Gasteiger partial charge in [0.15, 0.2) is 11.6 Å². The summed E-state index contributed by atoms with van der Waals surface area (Å²) < 4.78 is 33.5. The molecule has 0 atom stereocenters. The van der Waals surface area contributed by atoms with Crippen LogP contribution in [0.2, 0.25) is 0 Å². The van der Waals surface area contributed by atoms with Crippen molar-refractivity contribution < 1.29 is 18.4 Å². The van der Waals surface area contributed by atoms with E-state index in [-0.39, 0.29) is 27.1 Å². The lowest BCUT2D eigenvalue weighted by Gasteiger charge is -2.14. The maximum absolute atomic E-state index is 14.5. The normalized spacial score (nSPS) is 10.8. The molecule has 5 nitrogen and oxygen atoms in total. The first-order valence-electron chi connectivity index (χ1n) is 7.35. The minimum Gasteiger partial charge on any atom is -0.454 e. The van der Waals surface area contributed by atoms with Crippen LogP contribution >= 0.6 is 15.9 Å². The largest absolute Gasteiger partial charge is 0.454 e. The second kappa shape index (κ2) is 8.09. The molecule has 0 N–H and O–H groups in total. The smallest absolute Gasteiger partial charge is 0.280 e. The standard InChI is InChI=1S/C18H15BrF2N2O3/c1-4-12-13(7-8-22(2)3)17(23(24)25)10-16(21)18(12)26-11-5-6-15(20)14(19)9-11/h4-10H,1H2,2-3H3/b8-7+. The molecule has 2 aromatic carbocycles. The minimum absolute atomic E-state index is 0.121. The Labute approximate surface area is 157 Å². The molecule has 0 radical (unpaired) electrons. The van der Waals surface area contributed by atoms with Gasteiger partial charge in [-0.3, -0.25) is 10.1 Å². The van der Waals surface area contributed by atoms with Crippen LogP contribution < -0.4 is 4.74 Å². The first kappa shape index (κ1) is 19.6. The van der Waals surface area contributed by atoms with E-state index < -0.39 is 22.2 Å². The molecule has 0 spiro atoms. The summed E-state index contributed by atoms with van der Waals surface area (Å²) >= 11 is 3.02. The van der Waals surface area contributed by atoms with Crippen LogP contribution in [0.1, 0.15) is 11.1 Å². The summed E-state index contributed by atoms with van der Waals surface area (Å²) in [5.41, 5.74) is -0.144. The molecule has 0 saturated heterocycles. The molecule has 0 aliphatic rings. The molecule has 0 heterocycles. The maximum Gasteiger partial charge on any atom is 0.280 e. The summed E-state index contributed by atoms with van der Waals surface area (Å²) in [7, 11) is 3.49. The highest BCUT2D eigenvalue weighted by atomic mass is 79.9. The fourth-order valence-electron chi connectivity index (χ4n) is 2.17. The number of hydrogen-bond acceptors (Lipinski definition) is 4. The third-order valence-electron chi connectivity index (χ3n) is 3.34. The summed E-state index contributed by atoms with van der Waals surface area (Å²) in [5, 5.41) is 11.3. The van der Waals surface area contributed by atoms with E-state index in [1.807, 2.05) is 0 Å². The van der Waals surface area contributed by atoms with Crippen molar-refractivity contribution in [3.8, 4) is 11.5 Å². The average Bonchev–Trinajstić information content (AvgIpc) is 2.57. The highest BCUT2D eigenvalue weighted by molar-refractivity contribution is 9.10. The summed E-state index contributed by atoms with van der Waals surface area (Å²) in [6.45, 7) is 3.61. The Morgan fingerprint density at radius 3 is 2.46 bits per heavy atom. The summed E-state index contributed by atoms with van der Waals surface area (Å²) in [4.78, 5) is 12.3. The zero-order valence-electron chi connectivity index (χ0n) is 14.0. The number of rotatable bonds is 6. The molecule has 2 rings (SSSR count). The topological polar surface area (TPSA) is 55.6 Å². The zero-order chi connectivity index (χ0) is 19.4. The predicted molar refractivity (Wildman–Crippen MR) is 100 cm³/mol. The molecule has 0 fully saturated rings. The lowest BCUT2D eigenvalue weighted by atomic mass is 10.0. The van der Waals surface area contributed by atoms with Crippen molar-refractivity contribution in [2.75, 3.05) is 14.1 Å². The molecule has 26 heavy (non-hydrogen) atoms. The van der Waals surface area contributed by atoms with Crippen molar-refractivity contribution >= 4 is 33.8 Å². The van der Waals surface area contributed by atoms with E-state index in [1.165, 1.54) is 24.3 Å². The van der Waals surface area contributed by atoms with E-state index in [0.717, 1.165) is 12.1 Å². The molecular weight excluding hydrogens is 410 g/mol. The number of nitro groups is 1. The van der Waals surface area contributed by atoms with E-state index in [4.69, 9.17) is 4.74 Å². The van der Waals surface area contributed by atoms with Gasteiger partial charge in [-0.05, 0) is 46.4 Å². The van der Waals surface area contributed by atoms with Crippen LogP contribution in [-0.4, -0.2) is 23.9 Å². The van der Waals surface area contributed by atoms with Gasteiger partial charge in [0.1, 0.15) is 11.6 Å². The van der Waals surface area contributed by atoms with Gasteiger partial charge >= 0.3 is 0 Å². The number of halogens is 3. The second-order valence-corrected chi connectivity index (χ2v) is 6.31. The number of ether oxygens (including phenoxy) is 1. The number of nitrogens with zero attached hydrogens (tertiary/aromatic N) is 2. The Bertz CT molecular complexity index is 898. The van der Waals surface area contributed by atoms with Crippen LogP contribution in [0.3, 0.4) is 0 Å². The Morgan fingerprint density at radius 2 is 1.92 bits per heavy atom. The van der Waals surface area contributed by atoms with Crippen LogP contribution in [-0.2, 0) is 0 Å². The van der Waals surface area contributed by atoms with Crippen LogP contribution in [0.4, 0.5) is 14.5 Å². The van der Waals surface area contributed by atoms with Crippen molar-refractivity contribution in [1.82, 2.24) is 4.90 Å². The first-order valence-corrected chi connectivity index (χ1v) is 8.14. The third kappa shape index (κ3) is 4.26. The van der Waals surface area contributed by atoms with E-state index in [9.17, 15) is 18.9 Å². The number of nitro benzene ring substituents is 1. The van der Waals surface area contributed by atoms with Crippen molar-refractivity contribution in [2.24, 2.45) is 0 Å². The van der Waals surface area contributed by atoms with Crippen molar-refractivity contribution in [3.05, 3.63) is 74.4 Å². The van der Waals surface area contributed by atoms with Crippen molar-refractivity contribution in [3.63, 3.8) is 0 Å². The van der Waals surface area contributed by atoms with Gasteiger partial charge in [0.05, 0.1) is 21.0 Å². The molecule has 0 saturated carbocycles. The fourth-order valence-corrected chi connectivity index (χ4v) is 2.52. The lowest BCUT2D eigenvalue weighted by Crippen LogP contribution is -2.03. The molecule has 0 amide bonds. The zero-order valence-corrected chi connectivity index (χ0v) is 15.6. The summed E-state index contributed by atoms with van der Waals surface area (Å²) in [5.74, 6) is -1.49. The average molecular weight is 425 g/mol. The third-order valence-corrected chi connectivity index (χ3v) is 3.95.